The Kier molecular flexibility index (Phi) is 5.06. The maximum atomic E-state index is 9.74. The molecule has 0 spiro atoms. The summed E-state index contributed by atoms with van der Waals surface area (Å²) in [5, 5.41) is 14.1. The number of aliphatic hydroxyl groups excluding tert-OH is 1. The van der Waals surface area contributed by atoms with Crippen molar-refractivity contribution in [2.75, 3.05) is 6.61 Å². The van der Waals surface area contributed by atoms with Gasteiger partial charge in [0.05, 0.1) is 22.2 Å². The third-order valence-electron chi connectivity index (χ3n) is 3.40. The molecule has 0 saturated heterocycles. The van der Waals surface area contributed by atoms with Crippen molar-refractivity contribution in [2.45, 2.75) is 19.0 Å². The molecule has 2 nitrogen and oxygen atoms in total. The second kappa shape index (κ2) is 6.59. The summed E-state index contributed by atoms with van der Waals surface area (Å²) in [5.41, 5.74) is 1.50. The monoisotopic (exact) mass is 309 g/mol. The molecule has 2 aromatic carbocycles. The van der Waals surface area contributed by atoms with Crippen LogP contribution in [0.1, 0.15) is 18.1 Å². The Balaban J connectivity index is 2.18. The Hall–Kier alpha value is -1.06. The highest BCUT2D eigenvalue weighted by Gasteiger charge is 2.25. The Labute approximate surface area is 129 Å². The largest absolute Gasteiger partial charge is 0.394 e. The SMILES string of the molecule is CC(CO)(NCc1ccccc1)c1ccc(Cl)c(Cl)c1. The smallest absolute Gasteiger partial charge is 0.0652 e. The molecule has 0 aliphatic carbocycles. The van der Waals surface area contributed by atoms with Gasteiger partial charge in [0.25, 0.3) is 0 Å². The van der Waals surface area contributed by atoms with E-state index in [0.29, 0.717) is 16.6 Å². The third-order valence-corrected chi connectivity index (χ3v) is 4.14. The van der Waals surface area contributed by atoms with Gasteiger partial charge in [-0.15, -0.1) is 0 Å². The molecule has 0 aliphatic heterocycles. The molecule has 106 valence electrons. The Morgan fingerprint density at radius 1 is 1.05 bits per heavy atom. The lowest BCUT2D eigenvalue weighted by atomic mass is 9.92. The second-order valence-electron chi connectivity index (χ2n) is 4.96. The third kappa shape index (κ3) is 3.53. The molecule has 0 saturated carbocycles. The zero-order valence-electron chi connectivity index (χ0n) is 11.2. The van der Waals surface area contributed by atoms with Gasteiger partial charge in [-0.25, -0.2) is 0 Å². The van der Waals surface area contributed by atoms with E-state index in [4.69, 9.17) is 23.2 Å². The van der Waals surface area contributed by atoms with Gasteiger partial charge >= 0.3 is 0 Å². The molecule has 1 unspecified atom stereocenters. The van der Waals surface area contributed by atoms with E-state index in [9.17, 15) is 5.11 Å². The van der Waals surface area contributed by atoms with Crippen molar-refractivity contribution in [3.05, 3.63) is 69.7 Å². The second-order valence-corrected chi connectivity index (χ2v) is 5.77. The quantitative estimate of drug-likeness (QED) is 0.875. The minimum Gasteiger partial charge on any atom is -0.394 e. The molecular weight excluding hydrogens is 293 g/mol. The molecule has 0 aromatic heterocycles. The molecule has 0 radical (unpaired) electrons. The van der Waals surface area contributed by atoms with Gasteiger partial charge in [-0.1, -0.05) is 59.6 Å². The van der Waals surface area contributed by atoms with E-state index in [2.05, 4.69) is 5.32 Å². The zero-order valence-corrected chi connectivity index (χ0v) is 12.7. The van der Waals surface area contributed by atoms with Crippen molar-refractivity contribution in [1.29, 1.82) is 0 Å². The Bertz CT molecular complexity index is 574. The lowest BCUT2D eigenvalue weighted by Gasteiger charge is -2.30. The lowest BCUT2D eigenvalue weighted by molar-refractivity contribution is 0.173. The predicted octanol–water partition coefficient (Wildman–Crippen LogP) is 3.99. The minimum atomic E-state index is -0.565. The first kappa shape index (κ1) is 15.3. The van der Waals surface area contributed by atoms with Gasteiger partial charge in [-0.3, -0.25) is 0 Å². The average molecular weight is 310 g/mol. The fourth-order valence-corrected chi connectivity index (χ4v) is 2.28. The fourth-order valence-electron chi connectivity index (χ4n) is 1.98. The van der Waals surface area contributed by atoms with Crippen LogP contribution in [-0.2, 0) is 12.1 Å². The standard InChI is InChI=1S/C16H17Cl2NO/c1-16(11-20,13-7-8-14(17)15(18)9-13)19-10-12-5-3-2-4-6-12/h2-9,19-20H,10-11H2,1H3. The van der Waals surface area contributed by atoms with E-state index in [1.165, 1.54) is 0 Å². The molecule has 20 heavy (non-hydrogen) atoms. The maximum Gasteiger partial charge on any atom is 0.0652 e. The number of rotatable bonds is 5. The molecule has 1 atom stereocenters. The molecule has 0 fully saturated rings. The topological polar surface area (TPSA) is 32.3 Å². The van der Waals surface area contributed by atoms with Crippen LogP contribution < -0.4 is 5.32 Å². The van der Waals surface area contributed by atoms with Gasteiger partial charge < -0.3 is 10.4 Å². The van der Waals surface area contributed by atoms with Crippen LogP contribution in [0.15, 0.2) is 48.5 Å². The van der Waals surface area contributed by atoms with Crippen LogP contribution in [0.2, 0.25) is 10.0 Å². The summed E-state index contributed by atoms with van der Waals surface area (Å²) >= 11 is 12.0. The maximum absolute atomic E-state index is 9.74. The number of aliphatic hydroxyl groups is 1. The van der Waals surface area contributed by atoms with Gasteiger partial charge in [-0.05, 0) is 30.2 Å². The summed E-state index contributed by atoms with van der Waals surface area (Å²) < 4.78 is 0. The van der Waals surface area contributed by atoms with Crippen molar-refractivity contribution in [3.8, 4) is 0 Å². The van der Waals surface area contributed by atoms with Crippen LogP contribution in [0.4, 0.5) is 0 Å². The molecule has 2 N–H and O–H groups in total. The summed E-state index contributed by atoms with van der Waals surface area (Å²) in [6.07, 6.45) is 0. The van der Waals surface area contributed by atoms with Crippen molar-refractivity contribution in [3.63, 3.8) is 0 Å². The van der Waals surface area contributed by atoms with E-state index in [1.807, 2.05) is 43.3 Å². The Morgan fingerprint density at radius 3 is 2.35 bits per heavy atom. The average Bonchev–Trinajstić information content (AvgIpc) is 2.48. The molecule has 2 rings (SSSR count). The highest BCUT2D eigenvalue weighted by molar-refractivity contribution is 6.42. The first-order valence-corrected chi connectivity index (χ1v) is 7.16. The molecule has 0 aliphatic rings. The van der Waals surface area contributed by atoms with Gasteiger partial charge in [0.1, 0.15) is 0 Å². The van der Waals surface area contributed by atoms with E-state index in [-0.39, 0.29) is 6.61 Å². The van der Waals surface area contributed by atoms with Crippen LogP contribution in [0, 0.1) is 0 Å². The van der Waals surface area contributed by atoms with E-state index < -0.39 is 5.54 Å². The number of benzene rings is 2. The highest BCUT2D eigenvalue weighted by Crippen LogP contribution is 2.28. The molecule has 0 heterocycles. The zero-order chi connectivity index (χ0) is 14.6. The first-order chi connectivity index (χ1) is 9.55. The van der Waals surface area contributed by atoms with Crippen LogP contribution in [0.5, 0.6) is 0 Å². The number of nitrogens with one attached hydrogen (secondary N) is 1. The number of hydrogen-bond acceptors (Lipinski definition) is 2. The summed E-state index contributed by atoms with van der Waals surface area (Å²) in [6, 6.07) is 15.5. The Morgan fingerprint density at radius 2 is 1.75 bits per heavy atom. The first-order valence-electron chi connectivity index (χ1n) is 6.40. The van der Waals surface area contributed by atoms with Crippen molar-refractivity contribution in [2.24, 2.45) is 0 Å². The summed E-state index contributed by atoms with van der Waals surface area (Å²) in [4.78, 5) is 0. The van der Waals surface area contributed by atoms with Crippen molar-refractivity contribution < 1.29 is 5.11 Å². The normalized spacial score (nSPS) is 14.0. The fraction of sp³-hybridized carbons (Fsp3) is 0.250. The highest BCUT2D eigenvalue weighted by atomic mass is 35.5. The molecular formula is C16H17Cl2NO. The summed E-state index contributed by atoms with van der Waals surface area (Å²) in [6.45, 7) is 2.57. The molecule has 4 heteroatoms. The summed E-state index contributed by atoms with van der Waals surface area (Å²) in [7, 11) is 0. The predicted molar refractivity (Wildman–Crippen MR) is 84.2 cm³/mol. The lowest BCUT2D eigenvalue weighted by Crippen LogP contribution is -2.42. The van der Waals surface area contributed by atoms with Gasteiger partial charge in [0.15, 0.2) is 0 Å². The van der Waals surface area contributed by atoms with E-state index in [1.54, 1.807) is 12.1 Å². The van der Waals surface area contributed by atoms with E-state index in [0.717, 1.165) is 11.1 Å². The van der Waals surface area contributed by atoms with Crippen LogP contribution >= 0.6 is 23.2 Å². The molecule has 2 aromatic rings. The summed E-state index contributed by atoms with van der Waals surface area (Å²) in [5.74, 6) is 0. The van der Waals surface area contributed by atoms with Gasteiger partial charge in [-0.2, -0.15) is 0 Å². The minimum absolute atomic E-state index is 0.0300. The van der Waals surface area contributed by atoms with Gasteiger partial charge in [0, 0.05) is 6.54 Å². The van der Waals surface area contributed by atoms with Crippen molar-refractivity contribution in [1.82, 2.24) is 5.32 Å². The molecule has 0 bridgehead atoms. The number of hydrogen-bond donors (Lipinski definition) is 2. The molecule has 0 amide bonds. The van der Waals surface area contributed by atoms with Crippen LogP contribution in [-0.4, -0.2) is 11.7 Å². The van der Waals surface area contributed by atoms with E-state index >= 15 is 0 Å². The van der Waals surface area contributed by atoms with Gasteiger partial charge in [0.2, 0.25) is 0 Å². The van der Waals surface area contributed by atoms with Crippen molar-refractivity contribution >= 4 is 23.2 Å². The number of halogens is 2. The van der Waals surface area contributed by atoms with Crippen LogP contribution in [0.3, 0.4) is 0 Å². The van der Waals surface area contributed by atoms with Crippen LogP contribution in [0.25, 0.3) is 0 Å².